The Labute approximate surface area is 158 Å². The lowest BCUT2D eigenvalue weighted by atomic mass is 9.82. The minimum atomic E-state index is -5.55. The smallest absolute Gasteiger partial charge is 0.346 e. The molecule has 3 rings (SSSR count). The summed E-state index contributed by atoms with van der Waals surface area (Å²) in [6.45, 7) is 2.22. The fraction of sp³-hybridized carbons (Fsp3) is 0.529. The van der Waals surface area contributed by atoms with E-state index in [0.29, 0.717) is 42.9 Å². The molecule has 1 aliphatic heterocycles. The van der Waals surface area contributed by atoms with E-state index in [1.54, 1.807) is 6.20 Å². The van der Waals surface area contributed by atoms with Crippen molar-refractivity contribution in [2.75, 3.05) is 6.54 Å². The van der Waals surface area contributed by atoms with Crippen LogP contribution in [0.15, 0.2) is 27.9 Å². The second-order valence-electron chi connectivity index (χ2n) is 6.92. The highest BCUT2D eigenvalue weighted by atomic mass is 19.4. The summed E-state index contributed by atoms with van der Waals surface area (Å²) >= 11 is 0. The van der Waals surface area contributed by atoms with Crippen LogP contribution in [0, 0.1) is 5.92 Å². The van der Waals surface area contributed by atoms with Crippen LogP contribution in [0.4, 0.5) is 27.8 Å². The van der Waals surface area contributed by atoms with Gasteiger partial charge in [0.15, 0.2) is 0 Å². The third-order valence-corrected chi connectivity index (χ3v) is 5.10. The first-order valence-electron chi connectivity index (χ1n) is 8.78. The lowest BCUT2D eigenvalue weighted by molar-refractivity contribution is -0.279. The van der Waals surface area contributed by atoms with Crippen LogP contribution in [0.25, 0.3) is 5.70 Å². The van der Waals surface area contributed by atoms with Gasteiger partial charge in [-0.05, 0) is 38.5 Å². The van der Waals surface area contributed by atoms with Crippen molar-refractivity contribution in [3.05, 3.63) is 23.5 Å². The maximum Gasteiger partial charge on any atom is 0.454 e. The summed E-state index contributed by atoms with van der Waals surface area (Å²) in [6.07, 6.45) is -0.346. The number of allylic oxidation sites excluding steroid dienone is 1. The first-order chi connectivity index (χ1) is 13.1. The molecule has 11 heteroatoms. The number of nitrogens with one attached hydrogen (secondary N) is 2. The first-order valence-corrected chi connectivity index (χ1v) is 8.78. The molecule has 0 unspecified atom stereocenters. The molecule has 1 aliphatic carbocycles. The Kier molecular flexibility index (Phi) is 5.57. The second kappa shape index (κ2) is 7.63. The number of alkyl halides is 5. The minimum absolute atomic E-state index is 0.0334. The number of aromatic amines is 1. The van der Waals surface area contributed by atoms with Crippen LogP contribution in [0.3, 0.4) is 0 Å². The maximum atomic E-state index is 13.1. The molecular formula is C17H21F5N6. The Morgan fingerprint density at radius 2 is 1.96 bits per heavy atom. The summed E-state index contributed by atoms with van der Waals surface area (Å²) in [7, 11) is 0. The Balaban J connectivity index is 1.67. The fourth-order valence-corrected chi connectivity index (χ4v) is 3.59. The highest BCUT2D eigenvalue weighted by Crippen LogP contribution is 2.39. The molecule has 2 aliphatic rings. The van der Waals surface area contributed by atoms with Crippen LogP contribution in [0.2, 0.25) is 0 Å². The number of aliphatic imine (C=N–C) groups is 2. The van der Waals surface area contributed by atoms with Crippen molar-refractivity contribution in [2.24, 2.45) is 21.7 Å². The number of H-pyrrole nitrogens is 1. The molecule has 0 radical (unpaired) electrons. The molecule has 0 bridgehead atoms. The molecule has 1 fully saturated rings. The van der Waals surface area contributed by atoms with Gasteiger partial charge in [-0.2, -0.15) is 22.0 Å². The number of fused-ring (bicyclic) bond motifs is 1. The van der Waals surface area contributed by atoms with Gasteiger partial charge < -0.3 is 10.3 Å². The van der Waals surface area contributed by atoms with E-state index in [1.807, 2.05) is 6.07 Å². The average molecular weight is 404 g/mol. The molecule has 0 atom stereocenters. The minimum Gasteiger partial charge on any atom is -0.346 e. The topological polar surface area (TPSA) is 81.8 Å². The van der Waals surface area contributed by atoms with Gasteiger partial charge in [0, 0.05) is 23.7 Å². The largest absolute Gasteiger partial charge is 0.454 e. The van der Waals surface area contributed by atoms with Gasteiger partial charge in [-0.3, -0.25) is 10.0 Å². The van der Waals surface area contributed by atoms with Gasteiger partial charge >= 0.3 is 12.1 Å². The molecule has 0 saturated heterocycles. The number of nitrogens with two attached hydrogens (primary N) is 1. The van der Waals surface area contributed by atoms with Gasteiger partial charge in [-0.15, -0.1) is 0 Å². The second-order valence-corrected chi connectivity index (χ2v) is 6.92. The summed E-state index contributed by atoms with van der Waals surface area (Å²) < 4.78 is 63.1. The summed E-state index contributed by atoms with van der Waals surface area (Å²) in [5.74, 6) is 1.89. The molecule has 0 spiro atoms. The van der Waals surface area contributed by atoms with E-state index in [0.717, 1.165) is 5.56 Å². The molecular weight excluding hydrogens is 383 g/mol. The van der Waals surface area contributed by atoms with Crippen molar-refractivity contribution in [2.45, 2.75) is 43.8 Å². The van der Waals surface area contributed by atoms with Crippen LogP contribution in [-0.4, -0.2) is 47.7 Å². The number of hydrogen-bond acceptors (Lipinski definition) is 5. The third kappa shape index (κ3) is 3.95. The van der Waals surface area contributed by atoms with Gasteiger partial charge in [0.25, 0.3) is 0 Å². The summed E-state index contributed by atoms with van der Waals surface area (Å²) in [5.41, 5.74) is 2.09. The monoisotopic (exact) mass is 404 g/mol. The Hall–Kier alpha value is -2.27. The van der Waals surface area contributed by atoms with Gasteiger partial charge in [-0.25, -0.2) is 10.8 Å². The van der Waals surface area contributed by atoms with E-state index in [1.165, 1.54) is 11.3 Å². The lowest BCUT2D eigenvalue weighted by Gasteiger charge is -2.33. The zero-order valence-electron chi connectivity index (χ0n) is 14.9. The zero-order valence-corrected chi connectivity index (χ0v) is 14.9. The van der Waals surface area contributed by atoms with Gasteiger partial charge in [-0.1, -0.05) is 0 Å². The SMILES string of the molecule is C=N/C(=C1/c2cc[nH]c2N=CN1N)C1CCC(NCC(F)(F)C(F)(F)F)CC1. The standard InChI is InChI=1S/C17H21F5N6/c1-24-13(14-12-6-7-25-15(12)27-9-28(14)23)10-2-4-11(5-3-10)26-8-16(18,19)17(20,21)22/h6-7,9-11,25-26H,1-5,8,23H2/b14-13-. The van der Waals surface area contributed by atoms with Crippen LogP contribution < -0.4 is 11.2 Å². The van der Waals surface area contributed by atoms with E-state index in [2.05, 4.69) is 27.0 Å². The molecule has 1 aromatic heterocycles. The van der Waals surface area contributed by atoms with E-state index >= 15 is 0 Å². The number of halogens is 5. The molecule has 1 aromatic rings. The quantitative estimate of drug-likeness (QED) is 0.399. The summed E-state index contributed by atoms with van der Waals surface area (Å²) in [4.78, 5) is 11.3. The number of hydrogen-bond donors (Lipinski definition) is 3. The van der Waals surface area contributed by atoms with Crippen molar-refractivity contribution in [1.82, 2.24) is 15.3 Å². The van der Waals surface area contributed by atoms with Crippen molar-refractivity contribution in [1.29, 1.82) is 0 Å². The molecule has 2 heterocycles. The number of aromatic nitrogens is 1. The van der Waals surface area contributed by atoms with Crippen molar-refractivity contribution in [3.8, 4) is 0 Å². The van der Waals surface area contributed by atoms with E-state index in [4.69, 9.17) is 5.84 Å². The molecule has 0 aromatic carbocycles. The molecule has 6 nitrogen and oxygen atoms in total. The fourth-order valence-electron chi connectivity index (χ4n) is 3.59. The van der Waals surface area contributed by atoms with Gasteiger partial charge in [0.05, 0.1) is 17.9 Å². The predicted molar refractivity (Wildman–Crippen MR) is 96.2 cm³/mol. The number of hydrazine groups is 1. The van der Waals surface area contributed by atoms with Crippen molar-refractivity contribution >= 4 is 24.6 Å². The molecule has 1 saturated carbocycles. The molecule has 0 amide bonds. The van der Waals surface area contributed by atoms with Crippen LogP contribution in [0.1, 0.15) is 31.2 Å². The first kappa shape index (κ1) is 20.5. The van der Waals surface area contributed by atoms with Crippen LogP contribution >= 0.6 is 0 Å². The van der Waals surface area contributed by atoms with E-state index in [-0.39, 0.29) is 5.92 Å². The lowest BCUT2D eigenvalue weighted by Crippen LogP contribution is -2.48. The van der Waals surface area contributed by atoms with Crippen LogP contribution in [-0.2, 0) is 0 Å². The summed E-state index contributed by atoms with van der Waals surface area (Å²) in [6, 6.07) is 1.41. The predicted octanol–water partition coefficient (Wildman–Crippen LogP) is 3.58. The number of rotatable bonds is 5. The molecule has 154 valence electrons. The third-order valence-electron chi connectivity index (χ3n) is 5.10. The van der Waals surface area contributed by atoms with Crippen molar-refractivity contribution < 1.29 is 22.0 Å². The highest BCUT2D eigenvalue weighted by molar-refractivity contribution is 5.87. The van der Waals surface area contributed by atoms with Crippen molar-refractivity contribution in [3.63, 3.8) is 0 Å². The highest BCUT2D eigenvalue weighted by Gasteiger charge is 2.57. The molecule has 4 N–H and O–H groups in total. The number of nitrogens with zero attached hydrogens (tertiary/aromatic N) is 3. The Morgan fingerprint density at radius 1 is 1.29 bits per heavy atom. The average Bonchev–Trinajstić information content (AvgIpc) is 3.11. The van der Waals surface area contributed by atoms with Gasteiger partial charge in [0.2, 0.25) is 0 Å². The van der Waals surface area contributed by atoms with Gasteiger partial charge in [0.1, 0.15) is 12.2 Å². The maximum absolute atomic E-state index is 13.1. The molecule has 28 heavy (non-hydrogen) atoms. The summed E-state index contributed by atoms with van der Waals surface area (Å²) in [5, 5.41) is 3.71. The van der Waals surface area contributed by atoms with E-state index < -0.39 is 24.7 Å². The Morgan fingerprint density at radius 3 is 2.57 bits per heavy atom. The normalized spacial score (nSPS) is 24.9. The Bertz CT molecular complexity index is 773. The van der Waals surface area contributed by atoms with E-state index in [9.17, 15) is 22.0 Å². The van der Waals surface area contributed by atoms with Crippen LogP contribution in [0.5, 0.6) is 0 Å². The zero-order chi connectivity index (χ0) is 20.5.